The van der Waals surface area contributed by atoms with E-state index in [1.807, 2.05) is 31.2 Å². The van der Waals surface area contributed by atoms with Crippen molar-refractivity contribution in [2.75, 3.05) is 26.3 Å². The minimum absolute atomic E-state index is 0.0907. The van der Waals surface area contributed by atoms with Gasteiger partial charge in [-0.15, -0.1) is 0 Å². The van der Waals surface area contributed by atoms with Crippen molar-refractivity contribution in [2.45, 2.75) is 19.8 Å². The third-order valence-electron chi connectivity index (χ3n) is 3.27. The van der Waals surface area contributed by atoms with Gasteiger partial charge in [-0.3, -0.25) is 4.79 Å². The van der Waals surface area contributed by atoms with E-state index in [4.69, 9.17) is 9.47 Å². The minimum atomic E-state index is 0.0907. The molecule has 1 unspecified atom stereocenters. The zero-order valence-corrected chi connectivity index (χ0v) is 11.4. The van der Waals surface area contributed by atoms with Crippen LogP contribution in [0.15, 0.2) is 24.3 Å². The number of hydrogen-bond acceptors (Lipinski definition) is 4. The molecule has 0 amide bonds. The van der Waals surface area contributed by atoms with Crippen LogP contribution in [0.2, 0.25) is 0 Å². The Balaban J connectivity index is 1.83. The van der Waals surface area contributed by atoms with E-state index in [1.54, 1.807) is 0 Å². The van der Waals surface area contributed by atoms with Crippen molar-refractivity contribution in [1.82, 2.24) is 5.32 Å². The van der Waals surface area contributed by atoms with Crippen molar-refractivity contribution in [2.24, 2.45) is 5.92 Å². The molecule has 1 N–H and O–H groups in total. The van der Waals surface area contributed by atoms with Gasteiger partial charge in [0.15, 0.2) is 11.5 Å². The van der Waals surface area contributed by atoms with Crippen LogP contribution in [0.3, 0.4) is 0 Å². The van der Waals surface area contributed by atoms with Crippen LogP contribution in [0.1, 0.15) is 19.8 Å². The summed E-state index contributed by atoms with van der Waals surface area (Å²) in [4.78, 5) is 11.7. The van der Waals surface area contributed by atoms with Crippen LogP contribution in [0, 0.1) is 5.92 Å². The fourth-order valence-electron chi connectivity index (χ4n) is 2.22. The lowest BCUT2D eigenvalue weighted by Crippen LogP contribution is -2.37. The maximum absolute atomic E-state index is 11.7. The lowest BCUT2D eigenvalue weighted by atomic mass is 9.95. The average molecular weight is 263 g/mol. The van der Waals surface area contributed by atoms with Crippen LogP contribution >= 0.6 is 0 Å². The topological polar surface area (TPSA) is 47.6 Å². The Bertz CT molecular complexity index is 420. The van der Waals surface area contributed by atoms with Crippen LogP contribution < -0.4 is 14.8 Å². The van der Waals surface area contributed by atoms with Gasteiger partial charge in [0.1, 0.15) is 5.78 Å². The normalized spacial score (nSPS) is 19.2. The number of nitrogens with one attached hydrogen (secondary N) is 1. The maximum Gasteiger partial charge on any atom is 0.161 e. The molecule has 2 rings (SSSR count). The summed E-state index contributed by atoms with van der Waals surface area (Å²) >= 11 is 0. The van der Waals surface area contributed by atoms with Crippen LogP contribution in [-0.2, 0) is 4.79 Å². The van der Waals surface area contributed by atoms with E-state index in [9.17, 15) is 4.79 Å². The summed E-state index contributed by atoms with van der Waals surface area (Å²) in [6.07, 6.45) is 1.40. The lowest BCUT2D eigenvalue weighted by molar-refractivity contribution is -0.124. The Morgan fingerprint density at radius 2 is 2.00 bits per heavy atom. The number of Topliss-reactive ketones (excluding diaryl/α,β-unsaturated/α-hetero) is 1. The van der Waals surface area contributed by atoms with Gasteiger partial charge in [0, 0.05) is 25.4 Å². The highest BCUT2D eigenvalue weighted by Gasteiger charge is 2.21. The first-order chi connectivity index (χ1) is 9.31. The molecule has 0 radical (unpaired) electrons. The largest absolute Gasteiger partial charge is 0.490 e. The first-order valence-electron chi connectivity index (χ1n) is 6.89. The van der Waals surface area contributed by atoms with E-state index in [0.717, 1.165) is 31.0 Å². The van der Waals surface area contributed by atoms with E-state index in [1.165, 1.54) is 0 Å². The Kier molecular flexibility index (Phi) is 5.21. The number of carbonyl (C=O) groups excluding carboxylic acids is 1. The summed E-state index contributed by atoms with van der Waals surface area (Å²) in [5, 5.41) is 3.24. The summed E-state index contributed by atoms with van der Waals surface area (Å²) < 4.78 is 11.2. The maximum atomic E-state index is 11.7. The number of benzene rings is 1. The number of ketones is 1. The number of piperidine rings is 1. The molecule has 0 saturated carbocycles. The molecule has 104 valence electrons. The third-order valence-corrected chi connectivity index (χ3v) is 3.27. The summed E-state index contributed by atoms with van der Waals surface area (Å²) in [6.45, 7) is 4.69. The lowest BCUT2D eigenvalue weighted by Gasteiger charge is -2.21. The van der Waals surface area contributed by atoms with Gasteiger partial charge in [0.25, 0.3) is 0 Å². The van der Waals surface area contributed by atoms with Crippen molar-refractivity contribution in [3.8, 4) is 11.5 Å². The zero-order valence-electron chi connectivity index (χ0n) is 11.4. The molecule has 1 aromatic carbocycles. The fourth-order valence-corrected chi connectivity index (χ4v) is 2.22. The Labute approximate surface area is 114 Å². The second kappa shape index (κ2) is 7.14. The van der Waals surface area contributed by atoms with Crippen LogP contribution in [0.5, 0.6) is 11.5 Å². The fraction of sp³-hybridized carbons (Fsp3) is 0.533. The van der Waals surface area contributed by atoms with Crippen LogP contribution in [0.4, 0.5) is 0 Å². The number of rotatable bonds is 6. The Hall–Kier alpha value is -1.55. The Morgan fingerprint density at radius 3 is 2.68 bits per heavy atom. The first-order valence-corrected chi connectivity index (χ1v) is 6.89. The third kappa shape index (κ3) is 3.96. The summed E-state index contributed by atoms with van der Waals surface area (Å²) in [6, 6.07) is 7.63. The number of hydrogen-bond donors (Lipinski definition) is 1. The molecule has 0 aromatic heterocycles. The standard InChI is InChI=1S/C15H21NO3/c1-2-18-14-5-3-4-6-15(14)19-10-8-12-11-16-9-7-13(12)17/h3-6,12,16H,2,7-11H2,1H3. The van der Waals surface area contributed by atoms with Crippen molar-refractivity contribution >= 4 is 5.78 Å². The second-order valence-electron chi connectivity index (χ2n) is 4.63. The molecule has 1 fully saturated rings. The Morgan fingerprint density at radius 1 is 1.26 bits per heavy atom. The van der Waals surface area contributed by atoms with Gasteiger partial charge in [-0.25, -0.2) is 0 Å². The van der Waals surface area contributed by atoms with Gasteiger partial charge < -0.3 is 14.8 Å². The molecule has 1 aliphatic heterocycles. The van der Waals surface area contributed by atoms with Crippen LogP contribution in [0.25, 0.3) is 0 Å². The highest BCUT2D eigenvalue weighted by atomic mass is 16.5. The second-order valence-corrected chi connectivity index (χ2v) is 4.63. The molecular weight excluding hydrogens is 242 g/mol. The van der Waals surface area contributed by atoms with E-state index in [-0.39, 0.29) is 5.92 Å². The molecule has 1 aliphatic rings. The summed E-state index contributed by atoms with van der Waals surface area (Å²) in [5.41, 5.74) is 0. The molecule has 1 heterocycles. The zero-order chi connectivity index (χ0) is 13.5. The molecule has 0 aliphatic carbocycles. The van der Waals surface area contributed by atoms with E-state index in [2.05, 4.69) is 5.32 Å². The molecule has 4 nitrogen and oxygen atoms in total. The molecular formula is C15H21NO3. The molecule has 1 atom stereocenters. The van der Waals surface area contributed by atoms with Crippen molar-refractivity contribution in [3.05, 3.63) is 24.3 Å². The highest BCUT2D eigenvalue weighted by molar-refractivity contribution is 5.82. The first kappa shape index (κ1) is 13.9. The average Bonchev–Trinajstić information content (AvgIpc) is 2.43. The molecule has 1 aromatic rings. The van der Waals surface area contributed by atoms with Crippen molar-refractivity contribution < 1.29 is 14.3 Å². The van der Waals surface area contributed by atoms with Gasteiger partial charge >= 0.3 is 0 Å². The number of para-hydroxylation sites is 2. The summed E-state index contributed by atoms with van der Waals surface area (Å²) in [7, 11) is 0. The van der Waals surface area contributed by atoms with Gasteiger partial charge in [-0.05, 0) is 25.5 Å². The predicted molar refractivity (Wildman–Crippen MR) is 73.7 cm³/mol. The SMILES string of the molecule is CCOc1ccccc1OCCC1CNCCC1=O. The van der Waals surface area contributed by atoms with Crippen LogP contribution in [-0.4, -0.2) is 32.1 Å². The molecule has 4 heteroatoms. The molecule has 0 spiro atoms. The summed E-state index contributed by atoms with van der Waals surface area (Å²) in [5.74, 6) is 1.95. The van der Waals surface area contributed by atoms with E-state index >= 15 is 0 Å². The van der Waals surface area contributed by atoms with Gasteiger partial charge in [-0.1, -0.05) is 12.1 Å². The molecule has 1 saturated heterocycles. The predicted octanol–water partition coefficient (Wildman–Crippen LogP) is 2.03. The quantitative estimate of drug-likeness (QED) is 0.853. The van der Waals surface area contributed by atoms with Gasteiger partial charge in [-0.2, -0.15) is 0 Å². The van der Waals surface area contributed by atoms with E-state index < -0.39 is 0 Å². The van der Waals surface area contributed by atoms with Gasteiger partial charge in [0.2, 0.25) is 0 Å². The number of ether oxygens (including phenoxy) is 2. The smallest absolute Gasteiger partial charge is 0.161 e. The van der Waals surface area contributed by atoms with E-state index in [0.29, 0.717) is 25.4 Å². The van der Waals surface area contributed by atoms with Gasteiger partial charge in [0.05, 0.1) is 13.2 Å². The van der Waals surface area contributed by atoms with Crippen molar-refractivity contribution in [1.29, 1.82) is 0 Å². The monoisotopic (exact) mass is 263 g/mol. The molecule has 0 bridgehead atoms. The highest BCUT2D eigenvalue weighted by Crippen LogP contribution is 2.26. The van der Waals surface area contributed by atoms with Crippen molar-refractivity contribution in [3.63, 3.8) is 0 Å². The number of carbonyl (C=O) groups is 1. The molecule has 19 heavy (non-hydrogen) atoms. The minimum Gasteiger partial charge on any atom is -0.490 e.